The molecule has 0 unspecified atom stereocenters. The molecule has 0 fully saturated rings. The number of hydrogen-bond donors (Lipinski definition) is 1. The molecule has 1 heterocycles. The first-order valence-electron chi connectivity index (χ1n) is 4.37. The smallest absolute Gasteiger partial charge is 0.449 e. The fourth-order valence-corrected chi connectivity index (χ4v) is 1.45. The molecule has 16 heavy (non-hydrogen) atoms. The van der Waals surface area contributed by atoms with Crippen LogP contribution in [-0.4, -0.2) is 21.0 Å². The first-order chi connectivity index (χ1) is 7.66. The molecule has 5 nitrogen and oxygen atoms in total. The molecule has 0 aliphatic heterocycles. The van der Waals surface area contributed by atoms with Crippen LogP contribution in [0.4, 0.5) is 4.79 Å². The van der Waals surface area contributed by atoms with Gasteiger partial charge >= 0.3 is 6.16 Å². The first kappa shape index (κ1) is 10.5. The third-order valence-corrected chi connectivity index (χ3v) is 2.18. The summed E-state index contributed by atoms with van der Waals surface area (Å²) in [6.45, 7) is 0. The standard InChI is InChI=1S/C10H7ClN2O3/c11-8-3-1-2-4-9(8)13-6-7(5-12-13)16-10(14)15/h1-6H,(H,14,15). The van der Waals surface area contributed by atoms with Gasteiger partial charge in [-0.15, -0.1) is 0 Å². The monoisotopic (exact) mass is 238 g/mol. The van der Waals surface area contributed by atoms with Gasteiger partial charge in [-0.2, -0.15) is 5.10 Å². The van der Waals surface area contributed by atoms with E-state index in [9.17, 15) is 4.79 Å². The van der Waals surface area contributed by atoms with Crippen molar-refractivity contribution < 1.29 is 14.6 Å². The van der Waals surface area contributed by atoms with E-state index < -0.39 is 6.16 Å². The third kappa shape index (κ3) is 2.14. The average molecular weight is 239 g/mol. The maximum absolute atomic E-state index is 10.3. The lowest BCUT2D eigenvalue weighted by atomic mass is 10.3. The number of carbonyl (C=O) groups is 1. The van der Waals surface area contributed by atoms with Crippen molar-refractivity contribution in [3.05, 3.63) is 41.7 Å². The topological polar surface area (TPSA) is 64.3 Å². The highest BCUT2D eigenvalue weighted by atomic mass is 35.5. The molecule has 0 saturated carbocycles. The first-order valence-corrected chi connectivity index (χ1v) is 4.75. The molecule has 6 heteroatoms. The quantitative estimate of drug-likeness (QED) is 0.817. The number of carboxylic acid groups (broad SMARTS) is 1. The van der Waals surface area contributed by atoms with E-state index in [2.05, 4.69) is 9.84 Å². The lowest BCUT2D eigenvalue weighted by molar-refractivity contribution is 0.144. The Morgan fingerprint density at radius 1 is 1.44 bits per heavy atom. The summed E-state index contributed by atoms with van der Waals surface area (Å²) in [5, 5.41) is 12.9. The molecular formula is C10H7ClN2O3. The van der Waals surface area contributed by atoms with Gasteiger partial charge in [0.05, 0.1) is 23.1 Å². The van der Waals surface area contributed by atoms with Crippen LogP contribution in [-0.2, 0) is 0 Å². The van der Waals surface area contributed by atoms with Crippen LogP contribution in [0.1, 0.15) is 0 Å². The SMILES string of the molecule is O=C(O)Oc1cnn(-c2ccccc2Cl)c1. The predicted molar refractivity (Wildman–Crippen MR) is 57.2 cm³/mol. The van der Waals surface area contributed by atoms with Crippen molar-refractivity contribution in [1.29, 1.82) is 0 Å². The fraction of sp³-hybridized carbons (Fsp3) is 0. The van der Waals surface area contributed by atoms with Gasteiger partial charge in [0.1, 0.15) is 0 Å². The van der Waals surface area contributed by atoms with Crippen molar-refractivity contribution in [1.82, 2.24) is 9.78 Å². The van der Waals surface area contributed by atoms with Crippen molar-refractivity contribution in [3.63, 3.8) is 0 Å². The Hall–Kier alpha value is -2.01. The van der Waals surface area contributed by atoms with E-state index in [0.717, 1.165) is 0 Å². The van der Waals surface area contributed by atoms with E-state index in [1.165, 1.54) is 17.1 Å². The number of aromatic nitrogens is 2. The normalized spacial score (nSPS) is 10.1. The van der Waals surface area contributed by atoms with Gasteiger partial charge in [0.2, 0.25) is 0 Å². The second kappa shape index (κ2) is 4.24. The largest absolute Gasteiger partial charge is 0.511 e. The number of rotatable bonds is 2. The minimum absolute atomic E-state index is 0.146. The lowest BCUT2D eigenvalue weighted by Gasteiger charge is -2.02. The van der Waals surface area contributed by atoms with Crippen LogP contribution in [0.15, 0.2) is 36.7 Å². The Kier molecular flexibility index (Phi) is 2.78. The number of benzene rings is 1. The van der Waals surface area contributed by atoms with E-state index in [-0.39, 0.29) is 5.75 Å². The van der Waals surface area contributed by atoms with Crippen LogP contribution in [0.25, 0.3) is 5.69 Å². The van der Waals surface area contributed by atoms with E-state index >= 15 is 0 Å². The number of para-hydroxylation sites is 1. The highest BCUT2D eigenvalue weighted by Gasteiger charge is 2.07. The zero-order valence-electron chi connectivity index (χ0n) is 8.00. The fourth-order valence-electron chi connectivity index (χ4n) is 1.23. The van der Waals surface area contributed by atoms with Crippen molar-refractivity contribution in [2.24, 2.45) is 0 Å². The summed E-state index contributed by atoms with van der Waals surface area (Å²) < 4.78 is 5.89. The molecule has 2 rings (SSSR count). The van der Waals surface area contributed by atoms with Gasteiger partial charge in [-0.05, 0) is 12.1 Å². The Morgan fingerprint density at radius 3 is 2.88 bits per heavy atom. The molecule has 82 valence electrons. The number of ether oxygens (including phenoxy) is 1. The van der Waals surface area contributed by atoms with Crippen molar-refractivity contribution in [2.75, 3.05) is 0 Å². The zero-order chi connectivity index (χ0) is 11.5. The highest BCUT2D eigenvalue weighted by Crippen LogP contribution is 2.21. The Bertz CT molecular complexity index is 524. The Morgan fingerprint density at radius 2 is 2.19 bits per heavy atom. The number of hydrogen-bond acceptors (Lipinski definition) is 3. The van der Waals surface area contributed by atoms with E-state index in [1.54, 1.807) is 24.3 Å². The third-order valence-electron chi connectivity index (χ3n) is 1.86. The molecular weight excluding hydrogens is 232 g/mol. The molecule has 0 atom stereocenters. The van der Waals surface area contributed by atoms with Crippen LogP contribution in [0, 0.1) is 0 Å². The number of nitrogens with zero attached hydrogens (tertiary/aromatic N) is 2. The number of halogens is 1. The molecule has 0 radical (unpaired) electrons. The zero-order valence-corrected chi connectivity index (χ0v) is 8.76. The summed E-state index contributed by atoms with van der Waals surface area (Å²) in [4.78, 5) is 10.3. The van der Waals surface area contributed by atoms with Gasteiger partial charge in [-0.3, -0.25) is 0 Å². The second-order valence-corrected chi connectivity index (χ2v) is 3.35. The summed E-state index contributed by atoms with van der Waals surface area (Å²) in [5.41, 5.74) is 0.657. The van der Waals surface area contributed by atoms with Crippen LogP contribution in [0.2, 0.25) is 5.02 Å². The summed E-state index contributed by atoms with van der Waals surface area (Å²) in [7, 11) is 0. The van der Waals surface area contributed by atoms with Gasteiger partial charge in [0.15, 0.2) is 5.75 Å². The molecule has 0 aliphatic rings. The highest BCUT2D eigenvalue weighted by molar-refractivity contribution is 6.32. The molecule has 0 amide bonds. The molecule has 0 saturated heterocycles. The maximum atomic E-state index is 10.3. The predicted octanol–water partition coefficient (Wildman–Crippen LogP) is 2.58. The van der Waals surface area contributed by atoms with Gasteiger partial charge in [-0.25, -0.2) is 9.48 Å². The van der Waals surface area contributed by atoms with Crippen molar-refractivity contribution in [2.45, 2.75) is 0 Å². The van der Waals surface area contributed by atoms with Crippen LogP contribution < -0.4 is 4.74 Å². The summed E-state index contributed by atoms with van der Waals surface area (Å²) in [6.07, 6.45) is 1.37. The molecule has 1 aromatic heterocycles. The molecule has 2 aromatic rings. The summed E-state index contributed by atoms with van der Waals surface area (Å²) in [5.74, 6) is 0.146. The van der Waals surface area contributed by atoms with Crippen LogP contribution in [0.5, 0.6) is 5.75 Å². The van der Waals surface area contributed by atoms with Crippen molar-refractivity contribution in [3.8, 4) is 11.4 Å². The second-order valence-electron chi connectivity index (χ2n) is 2.94. The minimum Gasteiger partial charge on any atom is -0.449 e. The van der Waals surface area contributed by atoms with Crippen LogP contribution in [0.3, 0.4) is 0 Å². The average Bonchev–Trinajstić information content (AvgIpc) is 2.66. The molecule has 1 N–H and O–H groups in total. The van der Waals surface area contributed by atoms with E-state index in [4.69, 9.17) is 16.7 Å². The van der Waals surface area contributed by atoms with E-state index in [1.807, 2.05) is 0 Å². The van der Waals surface area contributed by atoms with Crippen LogP contribution >= 0.6 is 11.6 Å². The van der Waals surface area contributed by atoms with Crippen molar-refractivity contribution >= 4 is 17.8 Å². The molecule has 1 aromatic carbocycles. The molecule has 0 spiro atoms. The molecule has 0 bridgehead atoms. The van der Waals surface area contributed by atoms with Gasteiger partial charge in [0.25, 0.3) is 0 Å². The summed E-state index contributed by atoms with van der Waals surface area (Å²) >= 11 is 5.96. The Labute approximate surface area is 95.8 Å². The van der Waals surface area contributed by atoms with Gasteiger partial charge in [-0.1, -0.05) is 23.7 Å². The Balaban J connectivity index is 2.32. The van der Waals surface area contributed by atoms with E-state index in [0.29, 0.717) is 10.7 Å². The van der Waals surface area contributed by atoms with Gasteiger partial charge in [0, 0.05) is 0 Å². The summed E-state index contributed by atoms with van der Waals surface area (Å²) in [6, 6.07) is 7.08. The lowest BCUT2D eigenvalue weighted by Crippen LogP contribution is -2.02. The minimum atomic E-state index is -1.38. The maximum Gasteiger partial charge on any atom is 0.511 e. The molecule has 0 aliphatic carbocycles. The van der Waals surface area contributed by atoms with Gasteiger partial charge < -0.3 is 9.84 Å².